The van der Waals surface area contributed by atoms with Gasteiger partial charge < -0.3 is 14.6 Å². The second-order valence-electron chi connectivity index (χ2n) is 7.57. The molecule has 1 amide bonds. The monoisotopic (exact) mass is 444 g/mol. The predicted molar refractivity (Wildman–Crippen MR) is 124 cm³/mol. The fraction of sp³-hybridized carbons (Fsp3) is 0.192. The van der Waals surface area contributed by atoms with E-state index in [4.69, 9.17) is 9.47 Å². The number of benzene rings is 2. The second kappa shape index (κ2) is 9.16. The lowest BCUT2D eigenvalue weighted by atomic mass is 9.95. The molecule has 0 saturated carbocycles. The summed E-state index contributed by atoms with van der Waals surface area (Å²) in [5, 5.41) is 11.2. The molecular weight excluding hydrogens is 420 g/mol. The predicted octanol–water partition coefficient (Wildman–Crippen LogP) is 4.42. The van der Waals surface area contributed by atoms with Crippen molar-refractivity contribution >= 4 is 23.1 Å². The van der Waals surface area contributed by atoms with Gasteiger partial charge >= 0.3 is 0 Å². The third kappa shape index (κ3) is 4.05. The molecule has 0 spiro atoms. The number of ether oxygens (including phenoxy) is 2. The summed E-state index contributed by atoms with van der Waals surface area (Å²) in [5.74, 6) is -0.417. The summed E-state index contributed by atoms with van der Waals surface area (Å²) in [6.45, 7) is 4.24. The Morgan fingerprint density at radius 3 is 2.48 bits per heavy atom. The van der Waals surface area contributed by atoms with Crippen LogP contribution in [0.1, 0.15) is 29.7 Å². The highest BCUT2D eigenvalue weighted by atomic mass is 16.5. The average Bonchev–Trinajstić information content (AvgIpc) is 3.10. The van der Waals surface area contributed by atoms with E-state index in [1.807, 2.05) is 13.8 Å². The number of carbonyl (C=O) groups excluding carboxylic acids is 2. The Kier molecular flexibility index (Phi) is 6.13. The first-order chi connectivity index (χ1) is 16.0. The number of pyridine rings is 1. The zero-order chi connectivity index (χ0) is 23.5. The molecule has 1 atom stereocenters. The molecule has 7 nitrogen and oxygen atoms in total. The summed E-state index contributed by atoms with van der Waals surface area (Å²) in [7, 11) is 1.56. The van der Waals surface area contributed by atoms with E-state index in [2.05, 4.69) is 4.98 Å². The highest BCUT2D eigenvalue weighted by Crippen LogP contribution is 2.42. The van der Waals surface area contributed by atoms with Crippen molar-refractivity contribution in [3.63, 3.8) is 0 Å². The molecule has 1 unspecified atom stereocenters. The molecule has 1 aromatic heterocycles. The zero-order valence-corrected chi connectivity index (χ0v) is 18.6. The van der Waals surface area contributed by atoms with E-state index in [9.17, 15) is 14.7 Å². The van der Waals surface area contributed by atoms with Crippen molar-refractivity contribution in [2.45, 2.75) is 19.9 Å². The normalized spacial score (nSPS) is 17.3. The molecule has 1 fully saturated rings. The van der Waals surface area contributed by atoms with Crippen LogP contribution in [0, 0.1) is 6.92 Å². The number of aryl methyl sites for hydroxylation is 1. The molecule has 2 heterocycles. The smallest absolute Gasteiger partial charge is 0.300 e. The molecule has 0 aliphatic carbocycles. The number of anilines is 1. The van der Waals surface area contributed by atoms with Gasteiger partial charge in [0, 0.05) is 23.6 Å². The second-order valence-corrected chi connectivity index (χ2v) is 7.57. The summed E-state index contributed by atoms with van der Waals surface area (Å²) < 4.78 is 10.8. The maximum atomic E-state index is 13.2. The Bertz CT molecular complexity index is 1220. The Balaban J connectivity index is 1.87. The number of aliphatic hydroxyl groups is 1. The molecule has 1 N–H and O–H groups in total. The van der Waals surface area contributed by atoms with E-state index in [1.54, 1.807) is 74.1 Å². The first-order valence-corrected chi connectivity index (χ1v) is 10.5. The van der Waals surface area contributed by atoms with Gasteiger partial charge in [-0.1, -0.05) is 6.07 Å². The van der Waals surface area contributed by atoms with Crippen LogP contribution in [0.15, 0.2) is 72.6 Å². The van der Waals surface area contributed by atoms with Gasteiger partial charge in [0.2, 0.25) is 0 Å². The minimum absolute atomic E-state index is 0.00597. The number of hydrogen-bond donors (Lipinski definition) is 1. The molecule has 7 heteroatoms. The van der Waals surface area contributed by atoms with Crippen LogP contribution in [0.25, 0.3) is 5.76 Å². The number of nitrogens with zero attached hydrogens (tertiary/aromatic N) is 2. The molecule has 2 aromatic carbocycles. The van der Waals surface area contributed by atoms with Gasteiger partial charge in [0.05, 0.1) is 25.3 Å². The molecule has 0 radical (unpaired) electrons. The largest absolute Gasteiger partial charge is 0.507 e. The lowest BCUT2D eigenvalue weighted by molar-refractivity contribution is -0.132. The van der Waals surface area contributed by atoms with Gasteiger partial charge in [0.15, 0.2) is 0 Å². The number of rotatable bonds is 6. The Labute approximate surface area is 191 Å². The van der Waals surface area contributed by atoms with Gasteiger partial charge in [-0.2, -0.15) is 0 Å². The first-order valence-electron chi connectivity index (χ1n) is 10.5. The third-order valence-electron chi connectivity index (χ3n) is 5.54. The van der Waals surface area contributed by atoms with Crippen LogP contribution in [0.2, 0.25) is 0 Å². The minimum atomic E-state index is -0.834. The molecular formula is C26H24N2O5. The van der Waals surface area contributed by atoms with Crippen LogP contribution in [-0.4, -0.2) is 35.5 Å². The highest BCUT2D eigenvalue weighted by molar-refractivity contribution is 6.51. The van der Waals surface area contributed by atoms with Crippen LogP contribution in [0.4, 0.5) is 5.69 Å². The zero-order valence-electron chi connectivity index (χ0n) is 18.6. The first kappa shape index (κ1) is 22.1. The maximum Gasteiger partial charge on any atom is 0.300 e. The van der Waals surface area contributed by atoms with Gasteiger partial charge in [0.1, 0.15) is 17.3 Å². The van der Waals surface area contributed by atoms with Crippen LogP contribution >= 0.6 is 0 Å². The molecule has 1 aliphatic heterocycles. The van der Waals surface area contributed by atoms with Crippen molar-refractivity contribution in [2.24, 2.45) is 0 Å². The minimum Gasteiger partial charge on any atom is -0.507 e. The van der Waals surface area contributed by atoms with Crippen LogP contribution in [0.5, 0.6) is 11.5 Å². The van der Waals surface area contributed by atoms with Gasteiger partial charge in [-0.15, -0.1) is 0 Å². The van der Waals surface area contributed by atoms with Gasteiger partial charge in [-0.05, 0) is 73.5 Å². The Morgan fingerprint density at radius 1 is 1.12 bits per heavy atom. The number of aromatic nitrogens is 1. The molecule has 168 valence electrons. The summed E-state index contributed by atoms with van der Waals surface area (Å²) in [5.41, 5.74) is 2.34. The fourth-order valence-electron chi connectivity index (χ4n) is 4.00. The van der Waals surface area contributed by atoms with E-state index < -0.39 is 17.7 Å². The van der Waals surface area contributed by atoms with E-state index in [0.29, 0.717) is 34.9 Å². The van der Waals surface area contributed by atoms with Crippen molar-refractivity contribution in [2.75, 3.05) is 18.6 Å². The highest BCUT2D eigenvalue weighted by Gasteiger charge is 2.47. The van der Waals surface area contributed by atoms with Gasteiger partial charge in [0.25, 0.3) is 11.7 Å². The number of carbonyl (C=O) groups is 2. The molecule has 3 aromatic rings. The summed E-state index contributed by atoms with van der Waals surface area (Å²) in [6, 6.07) is 14.7. The van der Waals surface area contributed by atoms with E-state index in [-0.39, 0.29) is 11.3 Å². The number of ketones is 1. The Hall–Kier alpha value is -4.13. The number of hydrogen-bond acceptors (Lipinski definition) is 6. The number of methoxy groups -OCH3 is 1. The lowest BCUT2D eigenvalue weighted by Gasteiger charge is -2.25. The molecule has 0 bridgehead atoms. The van der Waals surface area contributed by atoms with E-state index in [0.717, 1.165) is 5.56 Å². The lowest BCUT2D eigenvalue weighted by Crippen LogP contribution is -2.29. The standard InChI is InChI=1S/C26H24N2O5/c1-4-33-20-10-8-19(9-11-20)28-23(18-6-5-13-27-15-18)22(25(30)26(28)31)24(29)17-7-12-21(32-3)16(2)14-17/h5-15,23,29H,4H2,1-3H3/b24-22-. The van der Waals surface area contributed by atoms with Crippen LogP contribution in [0.3, 0.4) is 0 Å². The van der Waals surface area contributed by atoms with Crippen LogP contribution < -0.4 is 14.4 Å². The number of amides is 1. The van der Waals surface area contributed by atoms with Crippen molar-refractivity contribution in [3.05, 3.63) is 89.3 Å². The molecule has 1 saturated heterocycles. The molecule has 33 heavy (non-hydrogen) atoms. The summed E-state index contributed by atoms with van der Waals surface area (Å²) in [6.07, 6.45) is 3.20. The quantitative estimate of drug-likeness (QED) is 0.344. The van der Waals surface area contributed by atoms with Crippen molar-refractivity contribution in [3.8, 4) is 11.5 Å². The van der Waals surface area contributed by atoms with Crippen molar-refractivity contribution in [1.82, 2.24) is 4.98 Å². The van der Waals surface area contributed by atoms with Gasteiger partial charge in [-0.3, -0.25) is 19.5 Å². The molecule has 4 rings (SSSR count). The van der Waals surface area contributed by atoms with E-state index in [1.165, 1.54) is 4.90 Å². The van der Waals surface area contributed by atoms with Crippen LogP contribution in [-0.2, 0) is 9.59 Å². The fourth-order valence-corrected chi connectivity index (χ4v) is 4.00. The SMILES string of the molecule is CCOc1ccc(N2C(=O)C(=O)/C(=C(\O)c3ccc(OC)c(C)c3)C2c2cccnc2)cc1. The molecule has 1 aliphatic rings. The number of aliphatic hydroxyl groups excluding tert-OH is 1. The average molecular weight is 444 g/mol. The number of Topliss-reactive ketones (excluding diaryl/α,β-unsaturated/α-hetero) is 1. The third-order valence-corrected chi connectivity index (χ3v) is 5.54. The van der Waals surface area contributed by atoms with Gasteiger partial charge in [-0.25, -0.2) is 0 Å². The Morgan fingerprint density at radius 2 is 1.88 bits per heavy atom. The topological polar surface area (TPSA) is 89.0 Å². The maximum absolute atomic E-state index is 13.2. The summed E-state index contributed by atoms with van der Waals surface area (Å²) >= 11 is 0. The summed E-state index contributed by atoms with van der Waals surface area (Å²) in [4.78, 5) is 31.9. The van der Waals surface area contributed by atoms with Crippen molar-refractivity contribution < 1.29 is 24.2 Å². The van der Waals surface area contributed by atoms with E-state index >= 15 is 0 Å². The van der Waals surface area contributed by atoms with Crippen molar-refractivity contribution in [1.29, 1.82) is 0 Å².